The van der Waals surface area contributed by atoms with Gasteiger partial charge in [-0.25, -0.2) is 0 Å². The van der Waals surface area contributed by atoms with Gasteiger partial charge in [-0.2, -0.15) is 0 Å². The molecule has 5 N–H and O–H groups in total. The number of benzene rings is 3. The zero-order chi connectivity index (χ0) is 21.2. The van der Waals surface area contributed by atoms with Crippen LogP contribution in [0.15, 0.2) is 60.7 Å². The first-order valence-electron chi connectivity index (χ1n) is 11.2. The normalized spacial score (nSPS) is 17.0. The Morgan fingerprint density at radius 3 is 2.61 bits per heavy atom. The first kappa shape index (κ1) is 19.9. The number of hydrogen-bond acceptors (Lipinski definition) is 5. The molecule has 2 heterocycles. The van der Waals surface area contributed by atoms with Crippen molar-refractivity contribution in [2.75, 3.05) is 42.2 Å². The zero-order valence-corrected chi connectivity index (χ0v) is 18.1. The Balaban J connectivity index is 1.32. The summed E-state index contributed by atoms with van der Waals surface area (Å²) in [5.41, 5.74) is 15.7. The molecular weight excluding hydrogens is 382 g/mol. The van der Waals surface area contributed by atoms with Crippen LogP contribution in [0.5, 0.6) is 0 Å². The first-order chi connectivity index (χ1) is 15.2. The molecule has 1 unspecified atom stereocenters. The third kappa shape index (κ3) is 4.11. The molecule has 0 bridgehead atoms. The van der Waals surface area contributed by atoms with Crippen LogP contribution in [0.3, 0.4) is 0 Å². The predicted octanol–water partition coefficient (Wildman–Crippen LogP) is 4.32. The Bertz CT molecular complexity index is 1060. The maximum atomic E-state index is 5.54. The summed E-state index contributed by atoms with van der Waals surface area (Å²) < 4.78 is 0. The minimum absolute atomic E-state index is 0.0990. The number of hydrogen-bond donors (Lipinski definition) is 4. The summed E-state index contributed by atoms with van der Waals surface area (Å²) in [4.78, 5) is 2.37. The highest BCUT2D eigenvalue weighted by molar-refractivity contribution is 5.81. The molecule has 3 aromatic carbocycles. The van der Waals surface area contributed by atoms with Crippen molar-refractivity contribution < 1.29 is 0 Å². The largest absolute Gasteiger partial charge is 0.374 e. The highest BCUT2D eigenvalue weighted by Gasteiger charge is 2.23. The smallest absolute Gasteiger partial charge is 0.123 e. The molecule has 31 heavy (non-hydrogen) atoms. The molecule has 160 valence electrons. The number of fused-ring (bicyclic) bond motifs is 2. The quantitative estimate of drug-likeness (QED) is 0.453. The van der Waals surface area contributed by atoms with Gasteiger partial charge in [-0.1, -0.05) is 42.5 Å². The lowest BCUT2D eigenvalue weighted by Gasteiger charge is -2.28. The van der Waals surface area contributed by atoms with Crippen molar-refractivity contribution in [3.63, 3.8) is 0 Å². The van der Waals surface area contributed by atoms with Gasteiger partial charge in [0.1, 0.15) is 6.17 Å². The standard InChI is InChI=1S/C26H31N5/c1-31-14-2-3-20-8-9-22(16-25(20)31)26-29-23-11-10-21(15-24(23)30-26)19-6-4-18(5-7-19)17-28-13-12-27/h4-11,15-16,26,28-30H,2-3,12-14,17,27H2,1H3. The van der Waals surface area contributed by atoms with Crippen LogP contribution in [-0.4, -0.2) is 26.7 Å². The van der Waals surface area contributed by atoms with Gasteiger partial charge in [0, 0.05) is 38.9 Å². The molecule has 3 aromatic rings. The summed E-state index contributed by atoms with van der Waals surface area (Å²) in [6.07, 6.45) is 2.51. The van der Waals surface area contributed by atoms with Gasteiger partial charge in [0.2, 0.25) is 0 Å². The van der Waals surface area contributed by atoms with Crippen LogP contribution in [0.4, 0.5) is 17.1 Å². The van der Waals surface area contributed by atoms with Gasteiger partial charge in [-0.3, -0.25) is 0 Å². The van der Waals surface area contributed by atoms with Gasteiger partial charge in [0.15, 0.2) is 0 Å². The number of anilines is 3. The molecule has 0 aromatic heterocycles. The molecule has 1 atom stereocenters. The Morgan fingerprint density at radius 1 is 0.968 bits per heavy atom. The van der Waals surface area contributed by atoms with Crippen LogP contribution in [0.2, 0.25) is 0 Å². The predicted molar refractivity (Wildman–Crippen MR) is 131 cm³/mol. The Kier molecular flexibility index (Phi) is 5.53. The minimum Gasteiger partial charge on any atom is -0.374 e. The Morgan fingerprint density at radius 2 is 1.77 bits per heavy atom. The topological polar surface area (TPSA) is 65.3 Å². The van der Waals surface area contributed by atoms with E-state index in [0.717, 1.165) is 31.0 Å². The lowest BCUT2D eigenvalue weighted by atomic mass is 9.99. The summed E-state index contributed by atoms with van der Waals surface area (Å²) in [6, 6.07) is 22.3. The van der Waals surface area contributed by atoms with Crippen molar-refractivity contribution in [3.8, 4) is 11.1 Å². The molecular formula is C26H31N5. The van der Waals surface area contributed by atoms with Crippen molar-refractivity contribution >= 4 is 17.1 Å². The lowest BCUT2D eigenvalue weighted by Crippen LogP contribution is -2.25. The highest BCUT2D eigenvalue weighted by atomic mass is 15.2. The SMILES string of the molecule is CN1CCCc2ccc(C3Nc4ccc(-c5ccc(CNCCN)cc5)cc4N3)cc21. The van der Waals surface area contributed by atoms with E-state index >= 15 is 0 Å². The van der Waals surface area contributed by atoms with Crippen molar-refractivity contribution in [2.45, 2.75) is 25.6 Å². The summed E-state index contributed by atoms with van der Waals surface area (Å²) in [5.74, 6) is 0. The van der Waals surface area contributed by atoms with Crippen LogP contribution in [-0.2, 0) is 13.0 Å². The maximum absolute atomic E-state index is 5.54. The van der Waals surface area contributed by atoms with E-state index in [1.165, 1.54) is 46.3 Å². The van der Waals surface area contributed by atoms with Gasteiger partial charge in [-0.05, 0) is 58.9 Å². The molecule has 0 saturated heterocycles. The minimum atomic E-state index is 0.0990. The van der Waals surface area contributed by atoms with E-state index in [-0.39, 0.29) is 6.17 Å². The van der Waals surface area contributed by atoms with Crippen molar-refractivity contribution in [3.05, 3.63) is 77.4 Å². The fraction of sp³-hybridized carbons (Fsp3) is 0.308. The second kappa shape index (κ2) is 8.61. The number of rotatable bonds is 6. The summed E-state index contributed by atoms with van der Waals surface area (Å²) in [6.45, 7) is 3.49. The fourth-order valence-electron chi connectivity index (χ4n) is 4.59. The van der Waals surface area contributed by atoms with Gasteiger partial charge < -0.3 is 26.6 Å². The third-order valence-electron chi connectivity index (χ3n) is 6.35. The van der Waals surface area contributed by atoms with E-state index in [1.807, 2.05) is 0 Å². The number of nitrogens with one attached hydrogen (secondary N) is 3. The van der Waals surface area contributed by atoms with E-state index in [9.17, 15) is 0 Å². The molecule has 0 radical (unpaired) electrons. The monoisotopic (exact) mass is 413 g/mol. The third-order valence-corrected chi connectivity index (χ3v) is 6.35. The van der Waals surface area contributed by atoms with Gasteiger partial charge in [0.25, 0.3) is 0 Å². The second-order valence-electron chi connectivity index (χ2n) is 8.56. The van der Waals surface area contributed by atoms with Gasteiger partial charge in [0.05, 0.1) is 11.4 Å². The molecule has 5 rings (SSSR count). The van der Waals surface area contributed by atoms with E-state index < -0.39 is 0 Å². The summed E-state index contributed by atoms with van der Waals surface area (Å²) in [5, 5.41) is 10.7. The molecule has 5 heteroatoms. The van der Waals surface area contributed by atoms with Crippen LogP contribution in [0.25, 0.3) is 11.1 Å². The average Bonchev–Trinajstić information content (AvgIpc) is 3.23. The molecule has 0 fully saturated rings. The molecule has 0 aliphatic carbocycles. The average molecular weight is 414 g/mol. The number of nitrogens with zero attached hydrogens (tertiary/aromatic N) is 1. The van der Waals surface area contributed by atoms with Crippen molar-refractivity contribution in [2.24, 2.45) is 5.73 Å². The van der Waals surface area contributed by atoms with Gasteiger partial charge in [-0.15, -0.1) is 0 Å². The Labute approximate surface area is 184 Å². The van der Waals surface area contributed by atoms with Crippen molar-refractivity contribution in [1.82, 2.24) is 5.32 Å². The molecule has 0 saturated carbocycles. The van der Waals surface area contributed by atoms with Crippen LogP contribution < -0.4 is 26.6 Å². The molecule has 2 aliphatic heterocycles. The Hall–Kier alpha value is -3.02. The van der Waals surface area contributed by atoms with Crippen LogP contribution in [0.1, 0.15) is 29.3 Å². The second-order valence-corrected chi connectivity index (χ2v) is 8.56. The van der Waals surface area contributed by atoms with Crippen LogP contribution in [0, 0.1) is 0 Å². The van der Waals surface area contributed by atoms with Gasteiger partial charge >= 0.3 is 0 Å². The number of aryl methyl sites for hydroxylation is 1. The van der Waals surface area contributed by atoms with E-state index in [1.54, 1.807) is 0 Å². The van der Waals surface area contributed by atoms with E-state index in [2.05, 4.69) is 88.6 Å². The molecule has 0 amide bonds. The fourth-order valence-corrected chi connectivity index (χ4v) is 4.59. The zero-order valence-electron chi connectivity index (χ0n) is 18.1. The summed E-state index contributed by atoms with van der Waals surface area (Å²) in [7, 11) is 2.19. The lowest BCUT2D eigenvalue weighted by molar-refractivity contribution is 0.695. The highest BCUT2D eigenvalue weighted by Crippen LogP contribution is 2.39. The molecule has 5 nitrogen and oxygen atoms in total. The summed E-state index contributed by atoms with van der Waals surface area (Å²) >= 11 is 0. The first-order valence-corrected chi connectivity index (χ1v) is 11.2. The van der Waals surface area contributed by atoms with E-state index in [4.69, 9.17) is 5.73 Å². The molecule has 0 spiro atoms. The maximum Gasteiger partial charge on any atom is 0.123 e. The van der Waals surface area contributed by atoms with Crippen molar-refractivity contribution in [1.29, 1.82) is 0 Å². The van der Waals surface area contributed by atoms with Crippen LogP contribution >= 0.6 is 0 Å². The van der Waals surface area contributed by atoms with E-state index in [0.29, 0.717) is 6.54 Å². The molecule has 2 aliphatic rings. The number of nitrogens with two attached hydrogens (primary N) is 1.